The first kappa shape index (κ1) is 24.4. The maximum Gasteiger partial charge on any atom is 0.434 e. The van der Waals surface area contributed by atoms with Crippen molar-refractivity contribution >= 4 is 52.3 Å². The van der Waals surface area contributed by atoms with Gasteiger partial charge < -0.3 is 15.2 Å². The van der Waals surface area contributed by atoms with Gasteiger partial charge in [0.25, 0.3) is 0 Å². The Morgan fingerprint density at radius 1 is 1.23 bits per heavy atom. The third-order valence-electron chi connectivity index (χ3n) is 4.17. The lowest BCUT2D eigenvalue weighted by atomic mass is 10.3. The number of hydrogen-bond donors (Lipinski definition) is 2. The molecule has 2 heterocycles. The Morgan fingerprint density at radius 3 is 2.77 bits per heavy atom. The number of rotatable bonds is 8. The van der Waals surface area contributed by atoms with Gasteiger partial charge in [0.1, 0.15) is 0 Å². The summed E-state index contributed by atoms with van der Waals surface area (Å²) >= 11 is 1.02. The van der Waals surface area contributed by atoms with E-state index in [0.717, 1.165) is 40.7 Å². The van der Waals surface area contributed by atoms with Crippen LogP contribution in [0.15, 0.2) is 41.0 Å². The Labute approximate surface area is 194 Å². The summed E-state index contributed by atoms with van der Waals surface area (Å²) in [5.74, 6) is 0.649. The second-order valence-electron chi connectivity index (χ2n) is 6.34. The van der Waals surface area contributed by atoms with Gasteiger partial charge in [-0.3, -0.25) is 4.99 Å². The Kier molecular flexibility index (Phi) is 9.34. The summed E-state index contributed by atoms with van der Waals surface area (Å²) in [6, 6.07) is 7.98. The van der Waals surface area contributed by atoms with Crippen LogP contribution in [0.4, 0.5) is 13.2 Å². The number of para-hydroxylation sites is 2. The standard InChI is InChI=1S/C19H23F3N6S.HI/c1-2-23-18(25-10-8-17-27-16(12-29-17)19(20,21)22)24-9-5-11-28-13-26-14-6-3-4-7-15(14)28;/h3-4,6-7,12-13H,2,5,8-11H2,1H3,(H2,23,24,25);1H. The van der Waals surface area contributed by atoms with Crippen molar-refractivity contribution in [2.24, 2.45) is 4.99 Å². The monoisotopic (exact) mass is 552 g/mol. The average molecular weight is 552 g/mol. The molecule has 11 heteroatoms. The van der Waals surface area contributed by atoms with Crippen LogP contribution in [0.2, 0.25) is 0 Å². The van der Waals surface area contributed by atoms with Gasteiger partial charge in [0.2, 0.25) is 0 Å². The molecule has 0 saturated carbocycles. The van der Waals surface area contributed by atoms with E-state index in [1.165, 1.54) is 0 Å². The molecule has 6 nitrogen and oxygen atoms in total. The van der Waals surface area contributed by atoms with Gasteiger partial charge >= 0.3 is 6.18 Å². The number of benzene rings is 1. The summed E-state index contributed by atoms with van der Waals surface area (Å²) in [4.78, 5) is 12.5. The van der Waals surface area contributed by atoms with E-state index in [1.54, 1.807) is 0 Å². The molecule has 3 rings (SSSR count). The highest BCUT2D eigenvalue weighted by molar-refractivity contribution is 14.0. The molecule has 0 aliphatic heterocycles. The molecular weight excluding hydrogens is 528 g/mol. The number of aromatic nitrogens is 3. The highest BCUT2D eigenvalue weighted by atomic mass is 127. The summed E-state index contributed by atoms with van der Waals surface area (Å²) in [6.07, 6.45) is -1.30. The van der Waals surface area contributed by atoms with Crippen LogP contribution in [0.25, 0.3) is 11.0 Å². The maximum atomic E-state index is 12.6. The Morgan fingerprint density at radius 2 is 2.03 bits per heavy atom. The number of thiazole rings is 1. The molecule has 0 fully saturated rings. The molecule has 0 spiro atoms. The Balaban J connectivity index is 0.00000320. The van der Waals surface area contributed by atoms with Crippen molar-refractivity contribution in [3.05, 3.63) is 46.7 Å². The van der Waals surface area contributed by atoms with Gasteiger partial charge in [-0.1, -0.05) is 12.1 Å². The smallest absolute Gasteiger partial charge is 0.357 e. The predicted molar refractivity (Wildman–Crippen MR) is 125 cm³/mol. The van der Waals surface area contributed by atoms with Crippen molar-refractivity contribution in [2.45, 2.75) is 32.5 Å². The van der Waals surface area contributed by atoms with Crippen LogP contribution in [0.1, 0.15) is 24.0 Å². The molecule has 0 atom stereocenters. The van der Waals surface area contributed by atoms with Crippen molar-refractivity contribution in [2.75, 3.05) is 19.6 Å². The highest BCUT2D eigenvalue weighted by Crippen LogP contribution is 2.29. The van der Waals surface area contributed by atoms with Crippen molar-refractivity contribution in [1.29, 1.82) is 0 Å². The SMILES string of the molecule is CCNC(=NCCCn1cnc2ccccc21)NCCc1nc(C(F)(F)F)cs1.I. The van der Waals surface area contributed by atoms with Gasteiger partial charge in [0.05, 0.1) is 22.4 Å². The summed E-state index contributed by atoms with van der Waals surface area (Å²) in [5, 5.41) is 7.79. The molecule has 1 aromatic carbocycles. The Bertz CT molecular complexity index is 953. The zero-order valence-electron chi connectivity index (χ0n) is 16.4. The molecule has 0 amide bonds. The summed E-state index contributed by atoms with van der Waals surface area (Å²) < 4.78 is 39.9. The molecule has 0 bridgehead atoms. The minimum atomic E-state index is -4.39. The average Bonchev–Trinajstić information content (AvgIpc) is 3.32. The predicted octanol–water partition coefficient (Wildman–Crippen LogP) is 4.32. The molecule has 0 aliphatic carbocycles. The molecule has 0 radical (unpaired) electrons. The number of alkyl halides is 3. The van der Waals surface area contributed by atoms with Crippen LogP contribution in [0.3, 0.4) is 0 Å². The quantitative estimate of drug-likeness (QED) is 0.189. The fourth-order valence-electron chi connectivity index (χ4n) is 2.81. The van der Waals surface area contributed by atoms with Gasteiger partial charge in [-0.05, 0) is 25.5 Å². The van der Waals surface area contributed by atoms with Crippen LogP contribution in [-0.4, -0.2) is 40.1 Å². The van der Waals surface area contributed by atoms with E-state index < -0.39 is 11.9 Å². The maximum absolute atomic E-state index is 12.6. The van der Waals surface area contributed by atoms with E-state index in [4.69, 9.17) is 0 Å². The molecular formula is C19H24F3IN6S. The minimum Gasteiger partial charge on any atom is -0.357 e. The number of hydrogen-bond acceptors (Lipinski definition) is 4. The number of aryl methyl sites for hydroxylation is 1. The first-order valence-electron chi connectivity index (χ1n) is 9.41. The summed E-state index contributed by atoms with van der Waals surface area (Å²) in [5.41, 5.74) is 1.25. The number of fused-ring (bicyclic) bond motifs is 1. The zero-order chi connectivity index (χ0) is 20.7. The second-order valence-corrected chi connectivity index (χ2v) is 7.28. The van der Waals surface area contributed by atoms with E-state index >= 15 is 0 Å². The van der Waals surface area contributed by atoms with Gasteiger partial charge in [-0.2, -0.15) is 13.2 Å². The lowest BCUT2D eigenvalue weighted by Crippen LogP contribution is -2.38. The largest absolute Gasteiger partial charge is 0.434 e. The molecule has 164 valence electrons. The van der Waals surface area contributed by atoms with Crippen molar-refractivity contribution in [3.63, 3.8) is 0 Å². The molecule has 0 aliphatic rings. The lowest BCUT2D eigenvalue weighted by molar-refractivity contribution is -0.140. The van der Waals surface area contributed by atoms with E-state index in [2.05, 4.69) is 30.2 Å². The van der Waals surface area contributed by atoms with E-state index in [-0.39, 0.29) is 24.0 Å². The lowest BCUT2D eigenvalue weighted by Gasteiger charge is -2.11. The molecule has 0 saturated heterocycles. The van der Waals surface area contributed by atoms with Crippen LogP contribution in [0, 0.1) is 0 Å². The third kappa shape index (κ3) is 6.83. The topological polar surface area (TPSA) is 67.1 Å². The summed E-state index contributed by atoms with van der Waals surface area (Å²) in [7, 11) is 0. The van der Waals surface area contributed by atoms with Crippen LogP contribution < -0.4 is 10.6 Å². The van der Waals surface area contributed by atoms with Crippen molar-refractivity contribution < 1.29 is 13.2 Å². The Hall–Kier alpha value is -1.89. The minimum absolute atomic E-state index is 0. The van der Waals surface area contributed by atoms with Crippen LogP contribution in [-0.2, 0) is 19.1 Å². The number of halogens is 4. The number of imidazole rings is 1. The second kappa shape index (κ2) is 11.5. The zero-order valence-corrected chi connectivity index (χ0v) is 19.6. The molecule has 0 unspecified atom stereocenters. The third-order valence-corrected chi connectivity index (χ3v) is 5.08. The van der Waals surface area contributed by atoms with Crippen LogP contribution in [0.5, 0.6) is 0 Å². The number of nitrogens with one attached hydrogen (secondary N) is 2. The number of guanidine groups is 1. The normalized spacial score (nSPS) is 12.1. The molecule has 30 heavy (non-hydrogen) atoms. The fourth-order valence-corrected chi connectivity index (χ4v) is 3.61. The highest BCUT2D eigenvalue weighted by Gasteiger charge is 2.33. The number of aliphatic imine (C=N–C) groups is 1. The van der Waals surface area contributed by atoms with Crippen molar-refractivity contribution in [1.82, 2.24) is 25.2 Å². The fraction of sp³-hybridized carbons (Fsp3) is 0.421. The van der Waals surface area contributed by atoms with Gasteiger partial charge in [0.15, 0.2) is 11.7 Å². The van der Waals surface area contributed by atoms with Gasteiger partial charge in [-0.15, -0.1) is 35.3 Å². The first-order valence-corrected chi connectivity index (χ1v) is 10.3. The van der Waals surface area contributed by atoms with Gasteiger partial charge in [-0.25, -0.2) is 9.97 Å². The van der Waals surface area contributed by atoms with Crippen molar-refractivity contribution in [3.8, 4) is 0 Å². The molecule has 2 aromatic heterocycles. The van der Waals surface area contributed by atoms with Gasteiger partial charge in [0, 0.05) is 38.0 Å². The van der Waals surface area contributed by atoms with E-state index in [0.29, 0.717) is 37.0 Å². The molecule has 3 aromatic rings. The van der Waals surface area contributed by atoms with E-state index in [9.17, 15) is 13.2 Å². The summed E-state index contributed by atoms with van der Waals surface area (Å²) in [6.45, 7) is 4.56. The van der Waals surface area contributed by atoms with E-state index in [1.807, 2.05) is 37.5 Å². The molecule has 2 N–H and O–H groups in total. The first-order chi connectivity index (χ1) is 14.0. The number of nitrogens with zero attached hydrogens (tertiary/aromatic N) is 4. The van der Waals surface area contributed by atoms with Crippen LogP contribution >= 0.6 is 35.3 Å².